The molecule has 0 saturated carbocycles. The van der Waals surface area contributed by atoms with Crippen molar-refractivity contribution in [3.05, 3.63) is 64.6 Å². The maximum Gasteiger partial charge on any atom is 0.262 e. The van der Waals surface area contributed by atoms with Crippen LogP contribution in [-0.4, -0.2) is 15.7 Å². The Morgan fingerprint density at radius 2 is 2.04 bits per heavy atom. The normalized spacial score (nSPS) is 16.1. The van der Waals surface area contributed by atoms with Gasteiger partial charge in [-0.25, -0.2) is 0 Å². The topological polar surface area (TPSA) is 44.1 Å². The van der Waals surface area contributed by atoms with E-state index in [4.69, 9.17) is 4.74 Å². The number of fused-ring (bicyclic) bond motifs is 3. The Morgan fingerprint density at radius 1 is 1.21 bits per heavy atom. The number of pyridine rings is 2. The molecule has 0 bridgehead atoms. The van der Waals surface area contributed by atoms with E-state index in [1.165, 1.54) is 0 Å². The van der Waals surface area contributed by atoms with Crippen molar-refractivity contribution in [2.45, 2.75) is 38.7 Å². The average Bonchev–Trinajstić information content (AvgIpc) is 3.06. The van der Waals surface area contributed by atoms with Gasteiger partial charge in [-0.3, -0.25) is 14.3 Å². The van der Waals surface area contributed by atoms with E-state index in [9.17, 15) is 4.79 Å². The van der Waals surface area contributed by atoms with Gasteiger partial charge in [0.05, 0.1) is 11.1 Å². The summed E-state index contributed by atoms with van der Waals surface area (Å²) >= 11 is 0. The zero-order valence-corrected chi connectivity index (χ0v) is 13.7. The van der Waals surface area contributed by atoms with Gasteiger partial charge < -0.3 is 4.74 Å². The fourth-order valence-corrected chi connectivity index (χ4v) is 3.41. The second-order valence-electron chi connectivity index (χ2n) is 6.24. The molecule has 0 N–H and O–H groups in total. The number of hydrogen-bond donors (Lipinski definition) is 0. The van der Waals surface area contributed by atoms with Crippen LogP contribution in [0.2, 0.25) is 0 Å². The monoisotopic (exact) mass is 320 g/mol. The van der Waals surface area contributed by atoms with Crippen molar-refractivity contribution in [1.82, 2.24) is 9.55 Å². The minimum Gasteiger partial charge on any atom is -0.487 e. The van der Waals surface area contributed by atoms with E-state index < -0.39 is 0 Å². The number of aromatic nitrogens is 2. The lowest BCUT2D eigenvalue weighted by atomic mass is 10.1. The molecule has 0 spiro atoms. The molecule has 1 atom stereocenters. The first-order valence-electron chi connectivity index (χ1n) is 8.54. The van der Waals surface area contributed by atoms with Gasteiger partial charge in [-0.15, -0.1) is 0 Å². The third-order valence-corrected chi connectivity index (χ3v) is 4.59. The zero-order chi connectivity index (χ0) is 16.5. The van der Waals surface area contributed by atoms with Crippen LogP contribution in [0.25, 0.3) is 16.7 Å². The van der Waals surface area contributed by atoms with Crippen LogP contribution in [0.5, 0.6) is 5.75 Å². The van der Waals surface area contributed by atoms with Crippen LogP contribution in [0, 0.1) is 0 Å². The van der Waals surface area contributed by atoms with E-state index in [1.54, 1.807) is 10.8 Å². The molecule has 122 valence electrons. The number of hydrogen-bond acceptors (Lipinski definition) is 3. The molecule has 4 heteroatoms. The Bertz CT molecular complexity index is 932. The van der Waals surface area contributed by atoms with E-state index in [2.05, 4.69) is 11.9 Å². The Labute approximate surface area is 140 Å². The largest absolute Gasteiger partial charge is 0.487 e. The van der Waals surface area contributed by atoms with Gasteiger partial charge >= 0.3 is 0 Å². The molecule has 0 amide bonds. The van der Waals surface area contributed by atoms with Crippen molar-refractivity contribution in [3.8, 4) is 11.4 Å². The van der Waals surface area contributed by atoms with Crippen LogP contribution in [0.4, 0.5) is 0 Å². The SMILES string of the molecule is CCCCC1Cc2c(c3ncccc3n(-c3ccccc3)c2=O)O1. The zero-order valence-electron chi connectivity index (χ0n) is 13.7. The molecule has 3 heterocycles. The maximum atomic E-state index is 13.1. The summed E-state index contributed by atoms with van der Waals surface area (Å²) in [5, 5.41) is 0. The maximum absolute atomic E-state index is 13.1. The molecule has 1 unspecified atom stereocenters. The molecule has 4 rings (SSSR count). The number of unbranched alkanes of at least 4 members (excludes halogenated alkanes) is 1. The molecule has 0 radical (unpaired) electrons. The van der Waals surface area contributed by atoms with Crippen molar-refractivity contribution in [2.24, 2.45) is 0 Å². The Kier molecular flexibility index (Phi) is 3.81. The minimum atomic E-state index is 0.00991. The lowest BCUT2D eigenvalue weighted by Crippen LogP contribution is -2.22. The quantitative estimate of drug-likeness (QED) is 0.733. The Balaban J connectivity index is 1.93. The summed E-state index contributed by atoms with van der Waals surface area (Å²) in [7, 11) is 0. The third kappa shape index (κ3) is 2.39. The molecule has 0 fully saturated rings. The van der Waals surface area contributed by atoms with Crippen LogP contribution < -0.4 is 10.3 Å². The van der Waals surface area contributed by atoms with Crippen LogP contribution in [0.3, 0.4) is 0 Å². The molecule has 2 aromatic heterocycles. The van der Waals surface area contributed by atoms with E-state index in [-0.39, 0.29) is 11.7 Å². The summed E-state index contributed by atoms with van der Waals surface area (Å²) in [4.78, 5) is 17.7. The first-order chi connectivity index (χ1) is 11.8. The van der Waals surface area contributed by atoms with Crippen molar-refractivity contribution in [1.29, 1.82) is 0 Å². The van der Waals surface area contributed by atoms with Crippen LogP contribution >= 0.6 is 0 Å². The van der Waals surface area contributed by atoms with Crippen LogP contribution in [0.1, 0.15) is 31.7 Å². The van der Waals surface area contributed by atoms with Gasteiger partial charge in [0.25, 0.3) is 5.56 Å². The fourth-order valence-electron chi connectivity index (χ4n) is 3.41. The van der Waals surface area contributed by atoms with Crippen molar-refractivity contribution < 1.29 is 4.74 Å². The van der Waals surface area contributed by atoms with Crippen LogP contribution in [0.15, 0.2) is 53.5 Å². The van der Waals surface area contributed by atoms with E-state index in [0.717, 1.165) is 41.5 Å². The van der Waals surface area contributed by atoms with E-state index in [0.29, 0.717) is 12.2 Å². The second-order valence-corrected chi connectivity index (χ2v) is 6.24. The number of nitrogens with zero attached hydrogens (tertiary/aromatic N) is 2. The van der Waals surface area contributed by atoms with Gasteiger partial charge in [-0.1, -0.05) is 38.0 Å². The molecular weight excluding hydrogens is 300 g/mol. The summed E-state index contributed by atoms with van der Waals surface area (Å²) in [6.07, 6.45) is 5.73. The number of para-hydroxylation sites is 1. The number of rotatable bonds is 4. The molecule has 3 aromatic rings. The predicted octanol–water partition coefficient (Wildman–Crippen LogP) is 3.88. The summed E-state index contributed by atoms with van der Waals surface area (Å²) in [6, 6.07) is 13.5. The lowest BCUT2D eigenvalue weighted by Gasteiger charge is -2.13. The first-order valence-corrected chi connectivity index (χ1v) is 8.54. The highest BCUT2D eigenvalue weighted by Crippen LogP contribution is 2.34. The smallest absolute Gasteiger partial charge is 0.262 e. The summed E-state index contributed by atoms with van der Waals surface area (Å²) < 4.78 is 7.87. The minimum absolute atomic E-state index is 0.00991. The average molecular weight is 320 g/mol. The molecular formula is C20H20N2O2. The van der Waals surface area contributed by atoms with Gasteiger partial charge in [0.2, 0.25) is 0 Å². The van der Waals surface area contributed by atoms with E-state index >= 15 is 0 Å². The highest BCUT2D eigenvalue weighted by Gasteiger charge is 2.29. The van der Waals surface area contributed by atoms with Crippen molar-refractivity contribution in [3.63, 3.8) is 0 Å². The molecule has 0 saturated heterocycles. The van der Waals surface area contributed by atoms with Gasteiger partial charge in [0, 0.05) is 18.3 Å². The second kappa shape index (κ2) is 6.11. The summed E-state index contributed by atoms with van der Waals surface area (Å²) in [5.41, 5.74) is 3.20. The molecule has 1 aliphatic rings. The van der Waals surface area contributed by atoms with Crippen molar-refractivity contribution >= 4 is 11.0 Å². The molecule has 4 nitrogen and oxygen atoms in total. The predicted molar refractivity (Wildman–Crippen MR) is 95.0 cm³/mol. The van der Waals surface area contributed by atoms with Gasteiger partial charge in [-0.05, 0) is 30.7 Å². The Hall–Kier alpha value is -2.62. The molecule has 1 aromatic carbocycles. The number of ether oxygens (including phenoxy) is 1. The number of benzene rings is 1. The third-order valence-electron chi connectivity index (χ3n) is 4.59. The molecule has 1 aliphatic heterocycles. The summed E-state index contributed by atoms with van der Waals surface area (Å²) in [6.45, 7) is 2.17. The Morgan fingerprint density at radius 3 is 2.83 bits per heavy atom. The molecule has 24 heavy (non-hydrogen) atoms. The van der Waals surface area contributed by atoms with Crippen LogP contribution in [-0.2, 0) is 6.42 Å². The standard InChI is InChI=1S/C20H20N2O2/c1-2-3-10-15-13-16-19(24-15)18-17(11-7-12-21-18)22(20(16)23)14-8-5-4-6-9-14/h4-9,11-12,15H,2-3,10,13H2,1H3. The highest BCUT2D eigenvalue weighted by atomic mass is 16.5. The van der Waals surface area contributed by atoms with Gasteiger partial charge in [-0.2, -0.15) is 0 Å². The highest BCUT2D eigenvalue weighted by molar-refractivity contribution is 5.84. The van der Waals surface area contributed by atoms with E-state index in [1.807, 2.05) is 42.5 Å². The fraction of sp³-hybridized carbons (Fsp3) is 0.300. The van der Waals surface area contributed by atoms with Gasteiger partial charge in [0.1, 0.15) is 11.6 Å². The summed E-state index contributed by atoms with van der Waals surface area (Å²) in [5.74, 6) is 0.684. The van der Waals surface area contributed by atoms with Crippen molar-refractivity contribution in [2.75, 3.05) is 0 Å². The van der Waals surface area contributed by atoms with Gasteiger partial charge in [0.15, 0.2) is 5.75 Å². The lowest BCUT2D eigenvalue weighted by molar-refractivity contribution is 0.219. The first kappa shape index (κ1) is 14.9. The molecule has 0 aliphatic carbocycles.